The van der Waals surface area contributed by atoms with Crippen LogP contribution >= 0.6 is 0 Å². The second-order valence-corrected chi connectivity index (χ2v) is 6.61. The van der Waals surface area contributed by atoms with Gasteiger partial charge in [0.25, 0.3) is 5.91 Å². The molecule has 0 fully saturated rings. The molecule has 0 radical (unpaired) electrons. The second-order valence-electron chi connectivity index (χ2n) is 6.61. The number of rotatable bonds is 2. The van der Waals surface area contributed by atoms with Gasteiger partial charge in [0.2, 0.25) is 0 Å². The molecule has 3 rings (SSSR count). The van der Waals surface area contributed by atoms with E-state index in [4.69, 9.17) is 0 Å². The number of nitrogens with zero attached hydrogens (tertiary/aromatic N) is 6. The van der Waals surface area contributed by atoms with Crippen LogP contribution in [0.1, 0.15) is 49.7 Å². The summed E-state index contributed by atoms with van der Waals surface area (Å²) in [6, 6.07) is 0. The van der Waals surface area contributed by atoms with Gasteiger partial charge in [-0.2, -0.15) is 5.10 Å². The predicted octanol–water partition coefficient (Wildman–Crippen LogP) is 1.45. The van der Waals surface area contributed by atoms with Crippen molar-refractivity contribution >= 4 is 5.91 Å². The van der Waals surface area contributed by atoms with Gasteiger partial charge in [-0.05, 0) is 20.8 Å². The number of fused-ring (bicyclic) bond motifs is 1. The molecule has 7 heteroatoms. The van der Waals surface area contributed by atoms with Crippen LogP contribution in [-0.4, -0.2) is 41.9 Å². The lowest BCUT2D eigenvalue weighted by Crippen LogP contribution is -2.38. The van der Waals surface area contributed by atoms with Crippen LogP contribution in [-0.2, 0) is 25.0 Å². The van der Waals surface area contributed by atoms with E-state index in [0.717, 1.165) is 24.6 Å². The van der Waals surface area contributed by atoms with Gasteiger partial charge in [0, 0.05) is 25.7 Å². The Hall–Kier alpha value is -2.18. The van der Waals surface area contributed by atoms with Crippen molar-refractivity contribution in [3.05, 3.63) is 29.6 Å². The highest BCUT2D eigenvalue weighted by Crippen LogP contribution is 2.18. The van der Waals surface area contributed by atoms with Crippen LogP contribution in [0.5, 0.6) is 0 Å². The highest BCUT2D eigenvalue weighted by molar-refractivity contribution is 5.93. The summed E-state index contributed by atoms with van der Waals surface area (Å²) in [5, 5.41) is 12.7. The smallest absolute Gasteiger partial charge is 0.257 e. The quantitative estimate of drug-likeness (QED) is 0.842. The minimum atomic E-state index is -0.128. The molecule has 7 nitrogen and oxygen atoms in total. The molecule has 2 aromatic heterocycles. The number of aromatic nitrogens is 5. The Morgan fingerprint density at radius 3 is 2.68 bits per heavy atom. The van der Waals surface area contributed by atoms with E-state index in [2.05, 4.69) is 47.6 Å². The number of aryl methyl sites for hydroxylation is 1. The summed E-state index contributed by atoms with van der Waals surface area (Å²) < 4.78 is 3.93. The van der Waals surface area contributed by atoms with E-state index >= 15 is 0 Å². The Morgan fingerprint density at radius 1 is 1.27 bits per heavy atom. The lowest BCUT2D eigenvalue weighted by molar-refractivity contribution is 0.0706. The van der Waals surface area contributed by atoms with Crippen LogP contribution in [0.15, 0.2) is 12.4 Å². The predicted molar refractivity (Wildman–Crippen MR) is 81.4 cm³/mol. The zero-order chi connectivity index (χ0) is 15.9. The first-order valence-electron chi connectivity index (χ1n) is 7.65. The fraction of sp³-hybridized carbons (Fsp3) is 0.600. The Bertz CT molecular complexity index is 693. The lowest BCUT2D eigenvalue weighted by atomic mass is 10.1. The molecule has 0 aromatic carbocycles. The van der Waals surface area contributed by atoms with Crippen LogP contribution in [0.25, 0.3) is 0 Å². The molecule has 118 valence electrons. The van der Waals surface area contributed by atoms with Crippen molar-refractivity contribution in [1.29, 1.82) is 0 Å². The molecule has 3 heterocycles. The SMILES string of the molecule is CCc1nnc2n1CCN(C(=O)c1cnn(C(C)(C)C)c1)C2. The maximum Gasteiger partial charge on any atom is 0.257 e. The second kappa shape index (κ2) is 5.23. The Balaban J connectivity index is 1.78. The molecule has 0 unspecified atom stereocenters. The summed E-state index contributed by atoms with van der Waals surface area (Å²) in [4.78, 5) is 14.5. The van der Waals surface area contributed by atoms with Crippen LogP contribution in [0.3, 0.4) is 0 Å². The fourth-order valence-electron chi connectivity index (χ4n) is 2.64. The highest BCUT2D eigenvalue weighted by Gasteiger charge is 2.26. The first-order chi connectivity index (χ1) is 10.4. The molecule has 1 amide bonds. The molecule has 0 saturated carbocycles. The molecule has 0 saturated heterocycles. The lowest BCUT2D eigenvalue weighted by Gasteiger charge is -2.27. The largest absolute Gasteiger partial charge is 0.329 e. The summed E-state index contributed by atoms with van der Waals surface area (Å²) in [5.41, 5.74) is 0.495. The number of hydrogen-bond donors (Lipinski definition) is 0. The molecular formula is C15H22N6O. The molecular weight excluding hydrogens is 280 g/mol. The third kappa shape index (κ3) is 2.51. The van der Waals surface area contributed by atoms with E-state index < -0.39 is 0 Å². The van der Waals surface area contributed by atoms with Gasteiger partial charge in [0.05, 0.1) is 23.8 Å². The molecule has 0 atom stereocenters. The van der Waals surface area contributed by atoms with Crippen molar-refractivity contribution in [3.63, 3.8) is 0 Å². The zero-order valence-electron chi connectivity index (χ0n) is 13.6. The molecule has 2 aromatic rings. The third-order valence-corrected chi connectivity index (χ3v) is 3.95. The van der Waals surface area contributed by atoms with Gasteiger partial charge in [0.1, 0.15) is 5.82 Å². The maximum atomic E-state index is 12.6. The summed E-state index contributed by atoms with van der Waals surface area (Å²) in [6.45, 7) is 10.2. The van der Waals surface area contributed by atoms with Crippen molar-refractivity contribution in [1.82, 2.24) is 29.4 Å². The van der Waals surface area contributed by atoms with Gasteiger partial charge >= 0.3 is 0 Å². The molecule has 1 aliphatic heterocycles. The zero-order valence-corrected chi connectivity index (χ0v) is 13.6. The molecule has 0 aliphatic carbocycles. The average Bonchev–Trinajstić information content (AvgIpc) is 3.12. The van der Waals surface area contributed by atoms with Crippen molar-refractivity contribution < 1.29 is 4.79 Å². The van der Waals surface area contributed by atoms with Crippen LogP contribution in [0.4, 0.5) is 0 Å². The highest BCUT2D eigenvalue weighted by atomic mass is 16.2. The van der Waals surface area contributed by atoms with Gasteiger partial charge < -0.3 is 9.47 Å². The van der Waals surface area contributed by atoms with E-state index in [1.165, 1.54) is 0 Å². The van der Waals surface area contributed by atoms with E-state index in [-0.39, 0.29) is 11.4 Å². The number of amides is 1. The number of carbonyl (C=O) groups is 1. The van der Waals surface area contributed by atoms with Gasteiger partial charge in [-0.3, -0.25) is 9.48 Å². The van der Waals surface area contributed by atoms with Gasteiger partial charge in [-0.15, -0.1) is 10.2 Å². The minimum Gasteiger partial charge on any atom is -0.329 e. The van der Waals surface area contributed by atoms with Gasteiger partial charge in [-0.25, -0.2) is 0 Å². The van der Waals surface area contributed by atoms with Crippen molar-refractivity contribution in [2.24, 2.45) is 0 Å². The molecule has 0 bridgehead atoms. The van der Waals surface area contributed by atoms with Crippen molar-refractivity contribution in [2.75, 3.05) is 6.54 Å². The monoisotopic (exact) mass is 302 g/mol. The van der Waals surface area contributed by atoms with E-state index in [0.29, 0.717) is 18.7 Å². The third-order valence-electron chi connectivity index (χ3n) is 3.95. The first-order valence-corrected chi connectivity index (χ1v) is 7.65. The Kier molecular flexibility index (Phi) is 3.50. The fourth-order valence-corrected chi connectivity index (χ4v) is 2.64. The van der Waals surface area contributed by atoms with E-state index in [9.17, 15) is 4.79 Å². The summed E-state index contributed by atoms with van der Waals surface area (Å²) in [7, 11) is 0. The topological polar surface area (TPSA) is 68.8 Å². The minimum absolute atomic E-state index is 0.00259. The van der Waals surface area contributed by atoms with E-state index in [1.807, 2.05) is 15.8 Å². The summed E-state index contributed by atoms with van der Waals surface area (Å²) >= 11 is 0. The van der Waals surface area contributed by atoms with Gasteiger partial charge in [-0.1, -0.05) is 6.92 Å². The summed E-state index contributed by atoms with van der Waals surface area (Å²) in [6.07, 6.45) is 4.32. The summed E-state index contributed by atoms with van der Waals surface area (Å²) in [5.74, 6) is 1.85. The number of hydrogen-bond acceptors (Lipinski definition) is 4. The number of carbonyl (C=O) groups excluding carboxylic acids is 1. The normalized spacial score (nSPS) is 15.0. The Labute approximate surface area is 129 Å². The molecule has 1 aliphatic rings. The Morgan fingerprint density at radius 2 is 2.05 bits per heavy atom. The molecule has 22 heavy (non-hydrogen) atoms. The maximum absolute atomic E-state index is 12.6. The van der Waals surface area contributed by atoms with Crippen LogP contribution in [0.2, 0.25) is 0 Å². The van der Waals surface area contributed by atoms with Crippen LogP contribution < -0.4 is 0 Å². The average molecular weight is 302 g/mol. The molecule has 0 spiro atoms. The first kappa shape index (κ1) is 14.7. The van der Waals surface area contributed by atoms with Crippen molar-refractivity contribution in [3.8, 4) is 0 Å². The van der Waals surface area contributed by atoms with Gasteiger partial charge in [0.15, 0.2) is 5.82 Å². The standard InChI is InChI=1S/C15H22N6O/c1-5-12-17-18-13-10-19(6-7-20(12)13)14(22)11-8-16-21(9-11)15(2,3)4/h8-9H,5-7,10H2,1-4H3. The molecule has 0 N–H and O–H groups in total. The van der Waals surface area contributed by atoms with Crippen molar-refractivity contribution in [2.45, 2.75) is 52.7 Å². The van der Waals surface area contributed by atoms with Crippen LogP contribution in [0, 0.1) is 0 Å². The van der Waals surface area contributed by atoms with E-state index in [1.54, 1.807) is 6.20 Å².